The number of β-amino-alcohol motifs (C(OH)–C–C–N with tert-alkyl or cyclic N) is 1. The van der Waals surface area contributed by atoms with E-state index in [-0.39, 0.29) is 19.2 Å². The topological polar surface area (TPSA) is 83.5 Å². The lowest BCUT2D eigenvalue weighted by Gasteiger charge is -2.37. The number of anilines is 1. The van der Waals surface area contributed by atoms with Crippen molar-refractivity contribution in [2.45, 2.75) is 6.10 Å². The van der Waals surface area contributed by atoms with Crippen LogP contribution in [0.4, 0.5) is 5.69 Å². The number of fused-ring (bicyclic) bond motifs is 1. The molecule has 160 valence electrons. The van der Waals surface area contributed by atoms with Gasteiger partial charge in [0.15, 0.2) is 11.5 Å². The summed E-state index contributed by atoms with van der Waals surface area (Å²) in [7, 11) is 1.68. The van der Waals surface area contributed by atoms with Crippen molar-refractivity contribution in [3.8, 4) is 17.2 Å². The Morgan fingerprint density at radius 1 is 1.13 bits per heavy atom. The van der Waals surface area contributed by atoms with E-state index in [4.69, 9.17) is 14.2 Å². The second-order valence-electron chi connectivity index (χ2n) is 7.39. The molecule has 0 radical (unpaired) electrons. The molecule has 1 unspecified atom stereocenters. The van der Waals surface area contributed by atoms with Crippen LogP contribution in [-0.4, -0.2) is 75.2 Å². The Morgan fingerprint density at radius 3 is 2.70 bits per heavy atom. The Balaban J connectivity index is 1.22. The highest BCUT2D eigenvalue weighted by atomic mass is 16.7. The van der Waals surface area contributed by atoms with Gasteiger partial charge in [0.25, 0.3) is 5.91 Å². The zero-order chi connectivity index (χ0) is 20.9. The first kappa shape index (κ1) is 20.3. The van der Waals surface area contributed by atoms with Gasteiger partial charge in [0.2, 0.25) is 6.79 Å². The lowest BCUT2D eigenvalue weighted by atomic mass is 10.2. The van der Waals surface area contributed by atoms with Gasteiger partial charge in [-0.3, -0.25) is 9.69 Å². The minimum atomic E-state index is -0.638. The van der Waals surface area contributed by atoms with Gasteiger partial charge in [-0.1, -0.05) is 12.1 Å². The predicted octanol–water partition coefficient (Wildman–Crippen LogP) is 1.34. The first-order chi connectivity index (χ1) is 14.6. The van der Waals surface area contributed by atoms with Crippen LogP contribution in [0.1, 0.15) is 10.4 Å². The Hall–Kier alpha value is -2.97. The number of hydrogen-bond acceptors (Lipinski definition) is 7. The van der Waals surface area contributed by atoms with E-state index in [1.807, 2.05) is 18.2 Å². The normalized spacial score (nSPS) is 16.9. The monoisotopic (exact) mass is 413 g/mol. The molecule has 1 saturated heterocycles. The van der Waals surface area contributed by atoms with Gasteiger partial charge in [-0.2, -0.15) is 0 Å². The number of methoxy groups -OCH3 is 1. The fourth-order valence-electron chi connectivity index (χ4n) is 3.78. The van der Waals surface area contributed by atoms with Crippen molar-refractivity contribution < 1.29 is 24.1 Å². The number of hydrogen-bond donors (Lipinski definition) is 2. The number of nitrogens with one attached hydrogen (secondary N) is 1. The van der Waals surface area contributed by atoms with Crippen molar-refractivity contribution in [1.82, 2.24) is 10.2 Å². The third-order valence-electron chi connectivity index (χ3n) is 5.40. The molecule has 1 fully saturated rings. The summed E-state index contributed by atoms with van der Waals surface area (Å²) in [5.74, 6) is 1.83. The van der Waals surface area contributed by atoms with E-state index in [0.29, 0.717) is 23.6 Å². The minimum Gasteiger partial charge on any atom is -0.495 e. The largest absolute Gasteiger partial charge is 0.495 e. The van der Waals surface area contributed by atoms with Crippen molar-refractivity contribution >= 4 is 11.6 Å². The first-order valence-electron chi connectivity index (χ1n) is 10.1. The van der Waals surface area contributed by atoms with E-state index >= 15 is 0 Å². The van der Waals surface area contributed by atoms with Crippen molar-refractivity contribution in [3.63, 3.8) is 0 Å². The SMILES string of the molecule is COc1ccccc1N1CCN(CC(O)CNC(=O)c2ccc3c(c2)OCO3)CC1. The summed E-state index contributed by atoms with van der Waals surface area (Å²) >= 11 is 0. The van der Waals surface area contributed by atoms with Gasteiger partial charge in [-0.25, -0.2) is 0 Å². The Kier molecular flexibility index (Phi) is 6.25. The highest BCUT2D eigenvalue weighted by Crippen LogP contribution is 2.32. The van der Waals surface area contributed by atoms with Gasteiger partial charge in [0, 0.05) is 44.8 Å². The highest BCUT2D eigenvalue weighted by Gasteiger charge is 2.22. The van der Waals surface area contributed by atoms with Crippen LogP contribution in [0.25, 0.3) is 0 Å². The average molecular weight is 413 g/mol. The van der Waals surface area contributed by atoms with Crippen LogP contribution in [0.5, 0.6) is 17.2 Å². The molecule has 2 heterocycles. The molecule has 0 aliphatic carbocycles. The number of para-hydroxylation sites is 2. The smallest absolute Gasteiger partial charge is 0.251 e. The standard InChI is InChI=1S/C22H27N3O5/c1-28-19-5-3-2-4-18(19)25-10-8-24(9-11-25)14-17(26)13-23-22(27)16-6-7-20-21(12-16)30-15-29-20/h2-7,12,17,26H,8-11,13-15H2,1H3,(H,23,27). The molecule has 1 atom stereocenters. The molecule has 30 heavy (non-hydrogen) atoms. The van der Waals surface area contributed by atoms with E-state index in [1.165, 1.54) is 0 Å². The second kappa shape index (κ2) is 9.23. The lowest BCUT2D eigenvalue weighted by molar-refractivity contribution is 0.0851. The van der Waals surface area contributed by atoms with Gasteiger partial charge in [-0.15, -0.1) is 0 Å². The molecule has 1 amide bonds. The number of rotatable bonds is 7. The number of amides is 1. The van der Waals surface area contributed by atoms with Gasteiger partial charge >= 0.3 is 0 Å². The molecule has 0 saturated carbocycles. The number of benzene rings is 2. The van der Waals surface area contributed by atoms with Crippen LogP contribution in [-0.2, 0) is 0 Å². The third-order valence-corrected chi connectivity index (χ3v) is 5.40. The summed E-state index contributed by atoms with van der Waals surface area (Å²) < 4.78 is 16.0. The van der Waals surface area contributed by atoms with Gasteiger partial charge in [0.05, 0.1) is 18.9 Å². The van der Waals surface area contributed by atoms with Gasteiger partial charge in [0.1, 0.15) is 5.75 Å². The molecule has 8 heteroatoms. The molecular formula is C22H27N3O5. The molecule has 0 bridgehead atoms. The predicted molar refractivity (Wildman–Crippen MR) is 113 cm³/mol. The number of ether oxygens (including phenoxy) is 3. The number of piperazine rings is 1. The van der Waals surface area contributed by atoms with Crippen LogP contribution in [0.2, 0.25) is 0 Å². The van der Waals surface area contributed by atoms with E-state index in [0.717, 1.165) is 37.6 Å². The first-order valence-corrected chi connectivity index (χ1v) is 10.1. The fraction of sp³-hybridized carbons (Fsp3) is 0.409. The molecule has 2 aromatic rings. The zero-order valence-electron chi connectivity index (χ0n) is 17.0. The van der Waals surface area contributed by atoms with Crippen molar-refractivity contribution in [2.24, 2.45) is 0 Å². The van der Waals surface area contributed by atoms with E-state index in [1.54, 1.807) is 25.3 Å². The van der Waals surface area contributed by atoms with E-state index < -0.39 is 6.10 Å². The Morgan fingerprint density at radius 2 is 1.90 bits per heavy atom. The Labute approximate surface area is 175 Å². The maximum atomic E-state index is 12.4. The summed E-state index contributed by atoms with van der Waals surface area (Å²) in [4.78, 5) is 16.9. The van der Waals surface area contributed by atoms with Gasteiger partial charge in [-0.05, 0) is 30.3 Å². The minimum absolute atomic E-state index is 0.170. The number of aliphatic hydroxyl groups excluding tert-OH is 1. The quantitative estimate of drug-likeness (QED) is 0.709. The highest BCUT2D eigenvalue weighted by molar-refractivity contribution is 5.94. The molecule has 0 spiro atoms. The van der Waals surface area contributed by atoms with Crippen molar-refractivity contribution in [2.75, 3.05) is 58.1 Å². The molecular weight excluding hydrogens is 386 g/mol. The molecule has 2 aromatic carbocycles. The molecule has 2 aliphatic rings. The van der Waals surface area contributed by atoms with Crippen molar-refractivity contribution in [1.29, 1.82) is 0 Å². The maximum absolute atomic E-state index is 12.4. The van der Waals surface area contributed by atoms with E-state index in [2.05, 4.69) is 21.2 Å². The molecule has 0 aromatic heterocycles. The lowest BCUT2D eigenvalue weighted by Crippen LogP contribution is -2.50. The van der Waals surface area contributed by atoms with Gasteiger partial charge < -0.3 is 29.5 Å². The molecule has 2 N–H and O–H groups in total. The summed E-state index contributed by atoms with van der Waals surface area (Å²) in [6.45, 7) is 4.27. The van der Waals surface area contributed by atoms with Crippen LogP contribution in [0.3, 0.4) is 0 Å². The molecule has 8 nitrogen and oxygen atoms in total. The van der Waals surface area contributed by atoms with Crippen LogP contribution in [0.15, 0.2) is 42.5 Å². The second-order valence-corrected chi connectivity index (χ2v) is 7.39. The number of nitrogens with zero attached hydrogens (tertiary/aromatic N) is 2. The maximum Gasteiger partial charge on any atom is 0.251 e. The van der Waals surface area contributed by atoms with Crippen LogP contribution >= 0.6 is 0 Å². The number of aliphatic hydroxyl groups is 1. The Bertz CT molecular complexity index is 883. The van der Waals surface area contributed by atoms with Crippen LogP contribution in [0, 0.1) is 0 Å². The molecule has 4 rings (SSSR count). The van der Waals surface area contributed by atoms with E-state index in [9.17, 15) is 9.90 Å². The van der Waals surface area contributed by atoms with Crippen LogP contribution < -0.4 is 24.4 Å². The zero-order valence-corrected chi connectivity index (χ0v) is 17.0. The summed E-state index contributed by atoms with van der Waals surface area (Å²) in [5.41, 5.74) is 1.58. The summed E-state index contributed by atoms with van der Waals surface area (Å²) in [5, 5.41) is 13.2. The number of carbonyl (C=O) groups is 1. The third kappa shape index (κ3) is 4.60. The molecule has 2 aliphatic heterocycles. The fourth-order valence-corrected chi connectivity index (χ4v) is 3.78. The number of carbonyl (C=O) groups excluding carboxylic acids is 1. The summed E-state index contributed by atoms with van der Waals surface area (Å²) in [6, 6.07) is 13.1. The summed E-state index contributed by atoms with van der Waals surface area (Å²) in [6.07, 6.45) is -0.638. The average Bonchev–Trinajstić information content (AvgIpc) is 3.26. The van der Waals surface area contributed by atoms with Crippen molar-refractivity contribution in [3.05, 3.63) is 48.0 Å².